The van der Waals surface area contributed by atoms with Crippen LogP contribution < -0.4 is 10.1 Å². The van der Waals surface area contributed by atoms with E-state index in [-0.39, 0.29) is 5.91 Å². The molecular weight excluding hydrogens is 278 g/mol. The summed E-state index contributed by atoms with van der Waals surface area (Å²) in [5.74, 6) is 0.681. The summed E-state index contributed by atoms with van der Waals surface area (Å²) < 4.78 is 10.5. The van der Waals surface area contributed by atoms with Crippen molar-refractivity contribution in [2.75, 3.05) is 19.0 Å². The van der Waals surface area contributed by atoms with E-state index in [1.807, 2.05) is 50.3 Å². The van der Waals surface area contributed by atoms with Crippen LogP contribution in [0, 0.1) is 0 Å². The van der Waals surface area contributed by atoms with E-state index in [0.717, 1.165) is 22.6 Å². The molecule has 4 heteroatoms. The van der Waals surface area contributed by atoms with Crippen molar-refractivity contribution in [3.05, 3.63) is 59.9 Å². The quantitative estimate of drug-likeness (QED) is 0.610. The van der Waals surface area contributed by atoms with Gasteiger partial charge in [0.15, 0.2) is 0 Å². The Hall–Kier alpha value is -2.49. The second-order valence-corrected chi connectivity index (χ2v) is 4.96. The Morgan fingerprint density at radius 3 is 2.45 bits per heavy atom. The zero-order valence-corrected chi connectivity index (χ0v) is 13.6. The highest BCUT2D eigenvalue weighted by molar-refractivity contribution is 5.88. The Bertz CT molecular complexity index is 568. The van der Waals surface area contributed by atoms with E-state index in [1.165, 1.54) is 6.92 Å². The summed E-state index contributed by atoms with van der Waals surface area (Å²) in [4.78, 5) is 10.9. The predicted octanol–water partition coefficient (Wildman–Crippen LogP) is 4.08. The summed E-state index contributed by atoms with van der Waals surface area (Å²) in [6.07, 6.45) is 7.50. The third kappa shape index (κ3) is 7.33. The maximum atomic E-state index is 10.9. The molecule has 118 valence electrons. The number of nitrogens with one attached hydrogen (secondary N) is 1. The minimum atomic E-state index is -0.0859. The SMILES string of the molecule is CO/C=C/C=C(C)\C=C(/C)COc1ccc(NC(C)=O)cc1. The van der Waals surface area contributed by atoms with E-state index in [0.29, 0.717) is 6.61 Å². The van der Waals surface area contributed by atoms with Crippen molar-refractivity contribution in [1.82, 2.24) is 0 Å². The molecule has 0 aliphatic rings. The second-order valence-electron chi connectivity index (χ2n) is 4.96. The molecule has 22 heavy (non-hydrogen) atoms. The molecule has 1 N–H and O–H groups in total. The first-order chi connectivity index (χ1) is 10.5. The second kappa shape index (κ2) is 9.45. The van der Waals surface area contributed by atoms with Gasteiger partial charge in [0.2, 0.25) is 5.91 Å². The van der Waals surface area contributed by atoms with Crippen molar-refractivity contribution in [2.45, 2.75) is 20.8 Å². The highest BCUT2D eigenvalue weighted by atomic mass is 16.5. The zero-order chi connectivity index (χ0) is 16.4. The predicted molar refractivity (Wildman–Crippen MR) is 89.9 cm³/mol. The Morgan fingerprint density at radius 1 is 1.18 bits per heavy atom. The first kappa shape index (κ1) is 17.6. The number of allylic oxidation sites excluding steroid dienone is 4. The average molecular weight is 301 g/mol. The summed E-state index contributed by atoms with van der Waals surface area (Å²) in [7, 11) is 1.62. The van der Waals surface area contributed by atoms with E-state index >= 15 is 0 Å². The van der Waals surface area contributed by atoms with Gasteiger partial charge in [0.25, 0.3) is 0 Å². The lowest BCUT2D eigenvalue weighted by Gasteiger charge is -2.08. The molecule has 0 heterocycles. The lowest BCUT2D eigenvalue weighted by Crippen LogP contribution is -2.05. The molecule has 0 fully saturated rings. The summed E-state index contributed by atoms with van der Waals surface area (Å²) >= 11 is 0. The molecule has 0 unspecified atom stereocenters. The van der Waals surface area contributed by atoms with Crippen LogP contribution >= 0.6 is 0 Å². The maximum Gasteiger partial charge on any atom is 0.221 e. The van der Waals surface area contributed by atoms with Gasteiger partial charge in [-0.05, 0) is 49.8 Å². The number of ether oxygens (including phenoxy) is 2. The number of methoxy groups -OCH3 is 1. The van der Waals surface area contributed by atoms with Crippen molar-refractivity contribution in [2.24, 2.45) is 0 Å². The summed E-state index contributed by atoms with van der Waals surface area (Å²) in [6.45, 7) is 6.03. The number of amides is 1. The van der Waals surface area contributed by atoms with Crippen LogP contribution in [0.15, 0.2) is 59.9 Å². The molecule has 1 amide bonds. The third-order valence-electron chi connectivity index (χ3n) is 2.69. The molecule has 0 aliphatic heterocycles. The van der Waals surface area contributed by atoms with Gasteiger partial charge < -0.3 is 14.8 Å². The van der Waals surface area contributed by atoms with Crippen LogP contribution in [0.25, 0.3) is 0 Å². The van der Waals surface area contributed by atoms with Crippen LogP contribution in [-0.4, -0.2) is 19.6 Å². The maximum absolute atomic E-state index is 10.9. The molecule has 0 atom stereocenters. The van der Waals surface area contributed by atoms with Gasteiger partial charge in [0.1, 0.15) is 12.4 Å². The molecule has 0 spiro atoms. The van der Waals surface area contributed by atoms with Crippen LogP contribution in [0.1, 0.15) is 20.8 Å². The Labute approximate surface area is 132 Å². The van der Waals surface area contributed by atoms with E-state index in [4.69, 9.17) is 9.47 Å². The van der Waals surface area contributed by atoms with Crippen molar-refractivity contribution in [3.8, 4) is 5.75 Å². The van der Waals surface area contributed by atoms with Gasteiger partial charge in [-0.1, -0.05) is 17.7 Å². The number of carbonyl (C=O) groups excluding carboxylic acids is 1. The van der Waals surface area contributed by atoms with Gasteiger partial charge in [-0.25, -0.2) is 0 Å². The molecular formula is C18H23NO3. The topological polar surface area (TPSA) is 47.6 Å². The summed E-state index contributed by atoms with van der Waals surface area (Å²) in [6, 6.07) is 7.30. The van der Waals surface area contributed by atoms with Crippen molar-refractivity contribution >= 4 is 11.6 Å². The van der Waals surface area contributed by atoms with Gasteiger partial charge in [-0.3, -0.25) is 4.79 Å². The number of rotatable bonds is 7. The third-order valence-corrected chi connectivity index (χ3v) is 2.69. The molecule has 0 aromatic heterocycles. The number of carbonyl (C=O) groups is 1. The first-order valence-electron chi connectivity index (χ1n) is 7.05. The number of benzene rings is 1. The van der Waals surface area contributed by atoms with Crippen LogP contribution in [0.2, 0.25) is 0 Å². The molecule has 1 rings (SSSR count). The molecule has 0 bridgehead atoms. The van der Waals surface area contributed by atoms with E-state index in [9.17, 15) is 4.79 Å². The fourth-order valence-electron chi connectivity index (χ4n) is 1.78. The number of hydrogen-bond acceptors (Lipinski definition) is 3. The first-order valence-corrected chi connectivity index (χ1v) is 7.05. The Balaban J connectivity index is 2.52. The van der Waals surface area contributed by atoms with Crippen LogP contribution in [0.4, 0.5) is 5.69 Å². The Kier molecular flexibility index (Phi) is 7.54. The van der Waals surface area contributed by atoms with Gasteiger partial charge in [-0.2, -0.15) is 0 Å². The van der Waals surface area contributed by atoms with Crippen molar-refractivity contribution in [3.63, 3.8) is 0 Å². The molecule has 0 radical (unpaired) electrons. The van der Waals surface area contributed by atoms with Crippen molar-refractivity contribution < 1.29 is 14.3 Å². The highest BCUT2D eigenvalue weighted by Crippen LogP contribution is 2.16. The number of hydrogen-bond donors (Lipinski definition) is 1. The van der Waals surface area contributed by atoms with Crippen LogP contribution in [-0.2, 0) is 9.53 Å². The lowest BCUT2D eigenvalue weighted by atomic mass is 10.2. The minimum absolute atomic E-state index is 0.0859. The molecule has 1 aromatic carbocycles. The van der Waals surface area contributed by atoms with E-state index in [1.54, 1.807) is 13.4 Å². The number of anilines is 1. The summed E-state index contributed by atoms with van der Waals surface area (Å²) in [5, 5.41) is 2.72. The standard InChI is InChI=1S/C18H23NO3/c1-14(6-5-11-21-4)12-15(2)13-22-18-9-7-17(8-10-18)19-16(3)20/h5-12H,13H2,1-4H3,(H,19,20)/b11-5+,14-6-,15-12+. The average Bonchev–Trinajstić information content (AvgIpc) is 2.46. The molecule has 0 saturated carbocycles. The smallest absolute Gasteiger partial charge is 0.221 e. The monoisotopic (exact) mass is 301 g/mol. The largest absolute Gasteiger partial charge is 0.504 e. The highest BCUT2D eigenvalue weighted by Gasteiger charge is 1.98. The molecule has 0 saturated heterocycles. The molecule has 1 aromatic rings. The minimum Gasteiger partial charge on any atom is -0.504 e. The lowest BCUT2D eigenvalue weighted by molar-refractivity contribution is -0.114. The van der Waals surface area contributed by atoms with Crippen molar-refractivity contribution in [1.29, 1.82) is 0 Å². The summed E-state index contributed by atoms with van der Waals surface area (Å²) in [5.41, 5.74) is 3.00. The fraction of sp³-hybridized carbons (Fsp3) is 0.278. The molecule has 4 nitrogen and oxygen atoms in total. The molecule has 0 aliphatic carbocycles. The van der Waals surface area contributed by atoms with Crippen LogP contribution in [0.3, 0.4) is 0 Å². The van der Waals surface area contributed by atoms with E-state index in [2.05, 4.69) is 11.4 Å². The van der Waals surface area contributed by atoms with Gasteiger partial charge in [0, 0.05) is 12.6 Å². The van der Waals surface area contributed by atoms with Gasteiger partial charge in [-0.15, -0.1) is 0 Å². The van der Waals surface area contributed by atoms with Gasteiger partial charge in [0.05, 0.1) is 13.4 Å². The van der Waals surface area contributed by atoms with Gasteiger partial charge >= 0.3 is 0 Å². The fourth-order valence-corrected chi connectivity index (χ4v) is 1.78. The Morgan fingerprint density at radius 2 is 1.86 bits per heavy atom. The van der Waals surface area contributed by atoms with E-state index < -0.39 is 0 Å². The van der Waals surface area contributed by atoms with Crippen LogP contribution in [0.5, 0.6) is 5.75 Å². The normalized spacial score (nSPS) is 12.4. The zero-order valence-electron chi connectivity index (χ0n) is 13.6.